The van der Waals surface area contributed by atoms with Gasteiger partial charge >= 0.3 is 0 Å². The molecule has 8 nitrogen and oxygen atoms in total. The molecule has 8 heteroatoms. The average molecular weight is 350 g/mol. The molecule has 25 heavy (non-hydrogen) atoms. The zero-order chi connectivity index (χ0) is 18.2. The normalized spacial score (nSPS) is 21.9. The fourth-order valence-corrected chi connectivity index (χ4v) is 3.86. The summed E-state index contributed by atoms with van der Waals surface area (Å²) in [5.74, 6) is 1.55. The van der Waals surface area contributed by atoms with E-state index < -0.39 is 0 Å². The summed E-state index contributed by atoms with van der Waals surface area (Å²) in [5.41, 5.74) is -0.199. The zero-order valence-corrected chi connectivity index (χ0v) is 15.3. The highest BCUT2D eigenvalue weighted by molar-refractivity contribution is 5.79. The van der Waals surface area contributed by atoms with Crippen LogP contribution in [0.15, 0.2) is 4.52 Å². The minimum absolute atomic E-state index is 0.0439. The number of amides is 2. The van der Waals surface area contributed by atoms with E-state index in [-0.39, 0.29) is 29.8 Å². The van der Waals surface area contributed by atoms with Crippen LogP contribution in [0.4, 0.5) is 0 Å². The summed E-state index contributed by atoms with van der Waals surface area (Å²) in [6.45, 7) is 8.28. The summed E-state index contributed by atoms with van der Waals surface area (Å²) < 4.78 is 10.4. The van der Waals surface area contributed by atoms with E-state index in [0.717, 1.165) is 0 Å². The van der Waals surface area contributed by atoms with Crippen molar-refractivity contribution in [3.63, 3.8) is 0 Å². The lowest BCUT2D eigenvalue weighted by Gasteiger charge is -2.50. The van der Waals surface area contributed by atoms with Gasteiger partial charge in [-0.1, -0.05) is 19.0 Å². The molecule has 1 atom stereocenters. The minimum Gasteiger partial charge on any atom is -0.375 e. The topological polar surface area (TPSA) is 88.8 Å². The van der Waals surface area contributed by atoms with Crippen molar-refractivity contribution in [2.45, 2.75) is 33.1 Å². The highest BCUT2D eigenvalue weighted by Gasteiger charge is 2.58. The van der Waals surface area contributed by atoms with Gasteiger partial charge in [-0.2, -0.15) is 4.98 Å². The maximum absolute atomic E-state index is 12.3. The van der Waals surface area contributed by atoms with Crippen LogP contribution >= 0.6 is 0 Å². The van der Waals surface area contributed by atoms with Gasteiger partial charge in [-0.15, -0.1) is 0 Å². The number of ether oxygens (including phenoxy) is 1. The lowest BCUT2D eigenvalue weighted by atomic mass is 9.71. The predicted molar refractivity (Wildman–Crippen MR) is 88.7 cm³/mol. The van der Waals surface area contributed by atoms with Crippen molar-refractivity contribution < 1.29 is 18.8 Å². The second-order valence-corrected chi connectivity index (χ2v) is 7.65. The Morgan fingerprint density at radius 1 is 1.28 bits per heavy atom. The van der Waals surface area contributed by atoms with Crippen molar-refractivity contribution in [3.8, 4) is 0 Å². The summed E-state index contributed by atoms with van der Waals surface area (Å²) >= 11 is 0. The maximum Gasteiger partial charge on any atom is 0.248 e. The molecule has 0 bridgehead atoms. The number of carbonyl (C=O) groups is 2. The van der Waals surface area contributed by atoms with Crippen molar-refractivity contribution in [1.29, 1.82) is 0 Å². The molecule has 1 aromatic rings. The molecule has 0 N–H and O–H groups in total. The molecule has 0 saturated carbocycles. The number of aryl methyl sites for hydroxylation is 1. The van der Waals surface area contributed by atoms with Gasteiger partial charge in [0.2, 0.25) is 17.7 Å². The first-order valence-corrected chi connectivity index (χ1v) is 8.69. The van der Waals surface area contributed by atoms with E-state index in [1.165, 1.54) is 7.11 Å². The van der Waals surface area contributed by atoms with Crippen LogP contribution in [0.1, 0.15) is 37.9 Å². The standard InChI is InChI=1S/C17H26N4O4/c1-11(2)5-14(22)21-9-17(10-21)8-20(15(23)7-24-4)6-13(17)16-18-12(3)19-25-16/h11,13H,5-10H2,1-4H3. The Balaban J connectivity index is 1.76. The average Bonchev–Trinajstić information content (AvgIpc) is 3.08. The van der Waals surface area contributed by atoms with Crippen LogP contribution in [0.25, 0.3) is 0 Å². The van der Waals surface area contributed by atoms with Crippen molar-refractivity contribution >= 4 is 11.8 Å². The van der Waals surface area contributed by atoms with Crippen molar-refractivity contribution in [2.24, 2.45) is 11.3 Å². The first-order valence-electron chi connectivity index (χ1n) is 8.69. The lowest BCUT2D eigenvalue weighted by Crippen LogP contribution is -2.61. The second-order valence-electron chi connectivity index (χ2n) is 7.65. The van der Waals surface area contributed by atoms with Crippen molar-refractivity contribution in [1.82, 2.24) is 19.9 Å². The highest BCUT2D eigenvalue weighted by atomic mass is 16.5. The van der Waals surface area contributed by atoms with Gasteiger partial charge in [-0.05, 0) is 12.8 Å². The number of methoxy groups -OCH3 is 1. The van der Waals surface area contributed by atoms with Crippen molar-refractivity contribution in [3.05, 3.63) is 11.7 Å². The number of nitrogens with zero attached hydrogens (tertiary/aromatic N) is 4. The molecule has 2 fully saturated rings. The molecule has 0 aliphatic carbocycles. The van der Waals surface area contributed by atoms with E-state index in [0.29, 0.717) is 50.2 Å². The van der Waals surface area contributed by atoms with Crippen LogP contribution in [0, 0.1) is 18.3 Å². The summed E-state index contributed by atoms with van der Waals surface area (Å²) in [7, 11) is 1.51. The Kier molecular flexibility index (Phi) is 4.81. The van der Waals surface area contributed by atoms with Gasteiger partial charge < -0.3 is 19.1 Å². The van der Waals surface area contributed by atoms with Gasteiger partial charge in [-0.25, -0.2) is 0 Å². The molecule has 1 unspecified atom stereocenters. The molecule has 3 heterocycles. The fourth-order valence-electron chi connectivity index (χ4n) is 3.86. The molecule has 2 aliphatic heterocycles. The third-order valence-electron chi connectivity index (χ3n) is 5.06. The Morgan fingerprint density at radius 3 is 2.52 bits per heavy atom. The fraction of sp³-hybridized carbons (Fsp3) is 0.765. The van der Waals surface area contributed by atoms with E-state index in [4.69, 9.17) is 9.26 Å². The molecule has 0 aromatic carbocycles. The van der Waals surface area contributed by atoms with E-state index in [9.17, 15) is 9.59 Å². The molecule has 2 saturated heterocycles. The molecular formula is C17H26N4O4. The molecule has 138 valence electrons. The van der Waals surface area contributed by atoms with Crippen LogP contribution in [0.3, 0.4) is 0 Å². The molecular weight excluding hydrogens is 324 g/mol. The van der Waals surface area contributed by atoms with E-state index in [1.54, 1.807) is 11.8 Å². The summed E-state index contributed by atoms with van der Waals surface area (Å²) in [4.78, 5) is 32.6. The first kappa shape index (κ1) is 17.8. The third-order valence-corrected chi connectivity index (χ3v) is 5.06. The SMILES string of the molecule is COCC(=O)N1CC(c2nc(C)no2)C2(C1)CN(C(=O)CC(C)C)C2. The quantitative estimate of drug-likeness (QED) is 0.781. The molecule has 1 spiro atoms. The van der Waals surface area contributed by atoms with Gasteiger partial charge in [0.05, 0.1) is 5.92 Å². The second kappa shape index (κ2) is 6.74. The Hall–Kier alpha value is -1.96. The molecule has 2 amide bonds. The number of carbonyl (C=O) groups excluding carboxylic acids is 2. The molecule has 2 aliphatic rings. The summed E-state index contributed by atoms with van der Waals surface area (Å²) in [5, 5.41) is 3.89. The Bertz CT molecular complexity index is 651. The van der Waals surface area contributed by atoms with Gasteiger partial charge in [0.25, 0.3) is 0 Å². The number of aromatic nitrogens is 2. The molecule has 0 radical (unpaired) electrons. The van der Waals surface area contributed by atoms with Gasteiger partial charge in [0.15, 0.2) is 5.82 Å². The van der Waals surface area contributed by atoms with E-state index in [2.05, 4.69) is 10.1 Å². The Morgan fingerprint density at radius 2 is 1.96 bits per heavy atom. The molecule has 3 rings (SSSR count). The van der Waals surface area contributed by atoms with Crippen LogP contribution in [0.5, 0.6) is 0 Å². The number of hydrogen-bond donors (Lipinski definition) is 0. The van der Waals surface area contributed by atoms with E-state index >= 15 is 0 Å². The van der Waals surface area contributed by atoms with E-state index in [1.807, 2.05) is 18.7 Å². The zero-order valence-electron chi connectivity index (χ0n) is 15.3. The smallest absolute Gasteiger partial charge is 0.248 e. The summed E-state index contributed by atoms with van der Waals surface area (Å²) in [6.07, 6.45) is 0.548. The largest absolute Gasteiger partial charge is 0.375 e. The minimum atomic E-state index is -0.199. The molecule has 1 aromatic heterocycles. The summed E-state index contributed by atoms with van der Waals surface area (Å²) in [6, 6.07) is 0. The number of hydrogen-bond acceptors (Lipinski definition) is 6. The first-order chi connectivity index (χ1) is 11.8. The monoisotopic (exact) mass is 350 g/mol. The van der Waals surface area contributed by atoms with Crippen LogP contribution in [-0.2, 0) is 14.3 Å². The van der Waals surface area contributed by atoms with Crippen LogP contribution in [0.2, 0.25) is 0 Å². The highest BCUT2D eigenvalue weighted by Crippen LogP contribution is 2.49. The number of likely N-dealkylation sites (tertiary alicyclic amines) is 2. The lowest BCUT2D eigenvalue weighted by molar-refractivity contribution is -0.145. The van der Waals surface area contributed by atoms with Crippen LogP contribution < -0.4 is 0 Å². The van der Waals surface area contributed by atoms with Gasteiger partial charge in [0, 0.05) is 45.1 Å². The number of rotatable bonds is 5. The van der Waals surface area contributed by atoms with Gasteiger partial charge in [-0.3, -0.25) is 9.59 Å². The van der Waals surface area contributed by atoms with Crippen LogP contribution in [-0.4, -0.2) is 71.7 Å². The van der Waals surface area contributed by atoms with Crippen molar-refractivity contribution in [2.75, 3.05) is 39.9 Å². The third kappa shape index (κ3) is 3.40. The Labute approximate surface area is 147 Å². The predicted octanol–water partition coefficient (Wildman–Crippen LogP) is 0.825. The maximum atomic E-state index is 12.3. The van der Waals surface area contributed by atoms with Gasteiger partial charge in [0.1, 0.15) is 6.61 Å².